The number of nitrogens with zero attached hydrogens (tertiary/aromatic N) is 3. The molecule has 7 heteroatoms. The maximum atomic E-state index is 10.9. The minimum absolute atomic E-state index is 0.150. The molecule has 1 aliphatic carbocycles. The molecule has 1 fully saturated rings. The molecule has 0 unspecified atom stereocenters. The van der Waals surface area contributed by atoms with Gasteiger partial charge in [0, 0.05) is 11.6 Å². The summed E-state index contributed by atoms with van der Waals surface area (Å²) >= 11 is 1.37. The average Bonchev–Trinajstić information content (AvgIpc) is 2.95. The highest BCUT2D eigenvalue weighted by Gasteiger charge is 2.35. The Labute approximate surface area is 136 Å². The molecule has 4 rings (SSSR count). The van der Waals surface area contributed by atoms with E-state index >= 15 is 0 Å². The first kappa shape index (κ1) is 14.1. The van der Waals surface area contributed by atoms with Crippen molar-refractivity contribution in [1.82, 2.24) is 14.3 Å². The van der Waals surface area contributed by atoms with Gasteiger partial charge in [-0.1, -0.05) is 30.3 Å². The van der Waals surface area contributed by atoms with E-state index in [1.165, 1.54) is 17.9 Å². The van der Waals surface area contributed by atoms with Gasteiger partial charge in [0.15, 0.2) is 0 Å². The molecule has 0 atom stereocenters. The van der Waals surface area contributed by atoms with Crippen molar-refractivity contribution < 1.29 is 9.90 Å². The van der Waals surface area contributed by atoms with Crippen molar-refractivity contribution >= 4 is 33.5 Å². The third-order valence-electron chi connectivity index (χ3n) is 4.13. The number of nitrogens with one attached hydrogen (secondary N) is 1. The van der Waals surface area contributed by atoms with Crippen molar-refractivity contribution in [2.45, 2.75) is 18.9 Å². The molecule has 0 bridgehead atoms. The van der Waals surface area contributed by atoms with E-state index in [2.05, 4.69) is 19.7 Å². The van der Waals surface area contributed by atoms with Crippen LogP contribution in [0.15, 0.2) is 36.7 Å². The molecule has 6 nitrogen and oxygen atoms in total. The molecule has 0 amide bonds. The number of hydrogen-bond acceptors (Lipinski definition) is 6. The zero-order valence-electron chi connectivity index (χ0n) is 12.1. The zero-order chi connectivity index (χ0) is 15.8. The normalized spacial score (nSPS) is 20.2. The molecule has 2 N–H and O–H groups in total. The van der Waals surface area contributed by atoms with Gasteiger partial charge < -0.3 is 10.4 Å². The summed E-state index contributed by atoms with van der Waals surface area (Å²) in [5, 5.41) is 12.3. The van der Waals surface area contributed by atoms with Crippen LogP contribution in [0.25, 0.3) is 21.5 Å². The van der Waals surface area contributed by atoms with Crippen LogP contribution in [0.5, 0.6) is 0 Å². The van der Waals surface area contributed by atoms with Gasteiger partial charge in [-0.25, -0.2) is 9.97 Å². The van der Waals surface area contributed by atoms with Crippen LogP contribution in [-0.2, 0) is 4.79 Å². The number of aromatic nitrogens is 3. The van der Waals surface area contributed by atoms with Gasteiger partial charge in [-0.2, -0.15) is 4.37 Å². The van der Waals surface area contributed by atoms with Gasteiger partial charge in [-0.3, -0.25) is 4.79 Å². The maximum Gasteiger partial charge on any atom is 0.306 e. The number of carboxylic acids is 1. The van der Waals surface area contributed by atoms with Crippen LogP contribution in [0.3, 0.4) is 0 Å². The van der Waals surface area contributed by atoms with Crippen LogP contribution in [0.1, 0.15) is 12.8 Å². The number of hydrogen-bond donors (Lipinski definition) is 2. The summed E-state index contributed by atoms with van der Waals surface area (Å²) in [6, 6.07) is 10.1. The molecular weight excluding hydrogens is 312 g/mol. The highest BCUT2D eigenvalue weighted by Crippen LogP contribution is 2.35. The highest BCUT2D eigenvalue weighted by molar-refractivity contribution is 7.14. The molecule has 0 radical (unpaired) electrons. The Hall–Kier alpha value is -2.54. The van der Waals surface area contributed by atoms with E-state index in [0.29, 0.717) is 12.8 Å². The predicted octanol–water partition coefficient (Wildman–Crippen LogP) is 3.03. The van der Waals surface area contributed by atoms with Crippen molar-refractivity contribution in [2.24, 2.45) is 5.92 Å². The summed E-state index contributed by atoms with van der Waals surface area (Å²) in [4.78, 5) is 19.6. The fourth-order valence-corrected chi connectivity index (χ4v) is 3.59. The number of anilines is 1. The average molecular weight is 326 g/mol. The van der Waals surface area contributed by atoms with E-state index in [4.69, 9.17) is 5.11 Å². The van der Waals surface area contributed by atoms with Crippen molar-refractivity contribution in [2.75, 3.05) is 5.32 Å². The fourth-order valence-electron chi connectivity index (χ4n) is 2.78. The summed E-state index contributed by atoms with van der Waals surface area (Å²) in [7, 11) is 0. The number of aliphatic carboxylic acids is 1. The third kappa shape index (κ3) is 2.53. The summed E-state index contributed by atoms with van der Waals surface area (Å²) in [5.41, 5.74) is 2.71. The molecule has 3 aromatic rings. The maximum absolute atomic E-state index is 10.9. The molecule has 2 heterocycles. The van der Waals surface area contributed by atoms with Gasteiger partial charge in [-0.15, -0.1) is 0 Å². The lowest BCUT2D eigenvalue weighted by atomic mass is 9.80. The summed E-state index contributed by atoms with van der Waals surface area (Å²) in [5.74, 6) is -0.227. The lowest BCUT2D eigenvalue weighted by molar-refractivity contribution is -0.144. The molecule has 116 valence electrons. The standard InChI is InChI=1S/C16H14N4O2S/c21-16(22)10-6-11(7-10)19-15-14-13(17-8-18-15)12(20-23-14)9-4-2-1-3-5-9/h1-5,8,10-11H,6-7H2,(H,21,22)(H,17,18,19). The quantitative estimate of drug-likeness (QED) is 0.766. The Morgan fingerprint density at radius 3 is 2.74 bits per heavy atom. The van der Waals surface area contributed by atoms with E-state index in [1.807, 2.05) is 30.3 Å². The number of carboxylic acid groups (broad SMARTS) is 1. The van der Waals surface area contributed by atoms with Crippen LogP contribution < -0.4 is 5.32 Å². The molecule has 0 aliphatic heterocycles. The lowest BCUT2D eigenvalue weighted by Crippen LogP contribution is -2.39. The highest BCUT2D eigenvalue weighted by atomic mass is 32.1. The van der Waals surface area contributed by atoms with Crippen LogP contribution in [0.4, 0.5) is 5.82 Å². The fraction of sp³-hybridized carbons (Fsp3) is 0.250. The summed E-state index contributed by atoms with van der Waals surface area (Å²) in [6.45, 7) is 0. The summed E-state index contributed by atoms with van der Waals surface area (Å²) in [6.07, 6.45) is 2.79. The predicted molar refractivity (Wildman–Crippen MR) is 88.4 cm³/mol. The topological polar surface area (TPSA) is 88.0 Å². The number of benzene rings is 1. The zero-order valence-corrected chi connectivity index (χ0v) is 13.0. The molecule has 1 aromatic carbocycles. The number of carbonyl (C=O) groups is 1. The second-order valence-corrected chi connectivity index (χ2v) is 6.42. The van der Waals surface area contributed by atoms with Crippen molar-refractivity contribution in [3.8, 4) is 11.3 Å². The Morgan fingerprint density at radius 2 is 2.00 bits per heavy atom. The minimum Gasteiger partial charge on any atom is -0.481 e. The first-order valence-corrected chi connectivity index (χ1v) is 8.15. The van der Waals surface area contributed by atoms with E-state index < -0.39 is 5.97 Å². The van der Waals surface area contributed by atoms with Crippen molar-refractivity contribution in [3.63, 3.8) is 0 Å². The second kappa shape index (κ2) is 5.58. The van der Waals surface area contributed by atoms with Gasteiger partial charge in [0.25, 0.3) is 0 Å². The molecule has 23 heavy (non-hydrogen) atoms. The minimum atomic E-state index is -0.722. The molecule has 0 saturated heterocycles. The van der Waals surface area contributed by atoms with Crippen LogP contribution >= 0.6 is 11.5 Å². The molecule has 1 saturated carbocycles. The van der Waals surface area contributed by atoms with E-state index in [1.54, 1.807) is 0 Å². The first-order valence-electron chi connectivity index (χ1n) is 7.37. The molecule has 0 spiro atoms. The van der Waals surface area contributed by atoms with Crippen LogP contribution in [0, 0.1) is 5.92 Å². The van der Waals surface area contributed by atoms with Gasteiger partial charge >= 0.3 is 5.97 Å². The second-order valence-electron chi connectivity index (χ2n) is 5.65. The SMILES string of the molecule is O=C(O)C1CC(Nc2ncnc3c(-c4ccccc4)nsc23)C1. The third-order valence-corrected chi connectivity index (χ3v) is 4.97. The first-order chi connectivity index (χ1) is 11.2. The Morgan fingerprint density at radius 1 is 1.22 bits per heavy atom. The monoisotopic (exact) mass is 326 g/mol. The Kier molecular flexibility index (Phi) is 3.42. The van der Waals surface area contributed by atoms with E-state index in [9.17, 15) is 4.79 Å². The Bertz CT molecular complexity index is 859. The van der Waals surface area contributed by atoms with Crippen LogP contribution in [-0.4, -0.2) is 31.5 Å². The van der Waals surface area contributed by atoms with Crippen molar-refractivity contribution in [1.29, 1.82) is 0 Å². The van der Waals surface area contributed by atoms with Gasteiger partial charge in [0.1, 0.15) is 28.1 Å². The van der Waals surface area contributed by atoms with E-state index in [0.717, 1.165) is 27.3 Å². The smallest absolute Gasteiger partial charge is 0.306 e. The lowest BCUT2D eigenvalue weighted by Gasteiger charge is -2.33. The van der Waals surface area contributed by atoms with E-state index in [-0.39, 0.29) is 12.0 Å². The van der Waals surface area contributed by atoms with Crippen molar-refractivity contribution in [3.05, 3.63) is 36.7 Å². The van der Waals surface area contributed by atoms with Gasteiger partial charge in [0.05, 0.1) is 5.92 Å². The molecular formula is C16H14N4O2S. The largest absolute Gasteiger partial charge is 0.481 e. The molecule has 1 aliphatic rings. The number of rotatable bonds is 4. The molecule has 2 aromatic heterocycles. The summed E-state index contributed by atoms with van der Waals surface area (Å²) < 4.78 is 5.43. The van der Waals surface area contributed by atoms with Gasteiger partial charge in [0.2, 0.25) is 0 Å². The van der Waals surface area contributed by atoms with Gasteiger partial charge in [-0.05, 0) is 24.4 Å². The van der Waals surface area contributed by atoms with Crippen LogP contribution in [0.2, 0.25) is 0 Å². The number of fused-ring (bicyclic) bond motifs is 1. The Balaban J connectivity index is 1.62.